The number of likely N-dealkylation sites (tertiary alicyclic amines) is 1. The number of rotatable bonds is 2. The van der Waals surface area contributed by atoms with Crippen LogP contribution < -0.4 is 5.32 Å². The van der Waals surface area contributed by atoms with Crippen molar-refractivity contribution in [2.24, 2.45) is 11.3 Å². The van der Waals surface area contributed by atoms with Gasteiger partial charge in [-0.15, -0.1) is 36.2 Å². The molecule has 0 bridgehead atoms. The second-order valence-corrected chi connectivity index (χ2v) is 9.49. The molecule has 4 nitrogen and oxygen atoms in total. The summed E-state index contributed by atoms with van der Waals surface area (Å²) >= 11 is 1.76. The molecule has 158 valence electrons. The first kappa shape index (κ1) is 22.5. The minimum atomic E-state index is 0. The molecule has 1 N–H and O–H groups in total. The van der Waals surface area contributed by atoms with E-state index in [1.165, 1.54) is 11.1 Å². The average Bonchev–Trinajstić information content (AvgIpc) is 3.35. The van der Waals surface area contributed by atoms with Crippen LogP contribution in [0.15, 0.2) is 36.4 Å². The molecule has 3 aliphatic rings. The van der Waals surface area contributed by atoms with Crippen LogP contribution in [0.4, 0.5) is 0 Å². The molecule has 1 aromatic heterocycles. The molecule has 2 atom stereocenters. The number of benzene rings is 1. The molecule has 29 heavy (non-hydrogen) atoms. The van der Waals surface area contributed by atoms with Gasteiger partial charge in [0.05, 0.1) is 21.1 Å². The molecular formula is C22H29Cl2N3OS. The second-order valence-electron chi connectivity index (χ2n) is 8.43. The van der Waals surface area contributed by atoms with E-state index in [4.69, 9.17) is 4.98 Å². The third kappa shape index (κ3) is 4.34. The molecule has 2 aromatic rings. The fraction of sp³-hybridized carbons (Fsp3) is 0.545. The minimum Gasteiger partial charge on any atom is -0.342 e. The molecule has 5 rings (SSSR count). The highest BCUT2D eigenvalue weighted by Gasteiger charge is 2.41. The summed E-state index contributed by atoms with van der Waals surface area (Å²) in [5.74, 6) is 0.625. The van der Waals surface area contributed by atoms with Gasteiger partial charge in [0.1, 0.15) is 0 Å². The Morgan fingerprint density at radius 3 is 2.59 bits per heavy atom. The maximum absolute atomic E-state index is 13.4. The van der Waals surface area contributed by atoms with Crippen molar-refractivity contribution in [1.82, 2.24) is 15.2 Å². The summed E-state index contributed by atoms with van der Waals surface area (Å²) in [6.07, 6.45) is 9.78. The maximum Gasteiger partial charge on any atom is 0.226 e. The number of amides is 1. The molecule has 7 heteroatoms. The number of halogens is 2. The third-order valence-electron chi connectivity index (χ3n) is 6.85. The normalized spacial score (nSPS) is 25.6. The zero-order valence-electron chi connectivity index (χ0n) is 16.5. The van der Waals surface area contributed by atoms with Crippen LogP contribution in [-0.2, 0) is 4.79 Å². The third-order valence-corrected chi connectivity index (χ3v) is 8.01. The Kier molecular flexibility index (Phi) is 7.26. The summed E-state index contributed by atoms with van der Waals surface area (Å²) in [4.78, 5) is 20.4. The Labute approximate surface area is 189 Å². The summed E-state index contributed by atoms with van der Waals surface area (Å²) in [5, 5.41) is 4.64. The van der Waals surface area contributed by atoms with Crippen LogP contribution in [-0.4, -0.2) is 42.0 Å². The molecule has 0 radical (unpaired) electrons. The van der Waals surface area contributed by atoms with Crippen LogP contribution in [0.25, 0.3) is 10.2 Å². The smallest absolute Gasteiger partial charge is 0.226 e. The van der Waals surface area contributed by atoms with Gasteiger partial charge >= 0.3 is 0 Å². The molecule has 0 saturated carbocycles. The monoisotopic (exact) mass is 453 g/mol. The molecule has 1 aromatic carbocycles. The summed E-state index contributed by atoms with van der Waals surface area (Å²) in [5.41, 5.74) is 1.52. The number of carbonyl (C=O) groups is 1. The molecule has 1 spiro atoms. The first-order valence-corrected chi connectivity index (χ1v) is 11.1. The highest BCUT2D eigenvalue weighted by molar-refractivity contribution is 7.18. The van der Waals surface area contributed by atoms with E-state index in [2.05, 4.69) is 40.6 Å². The van der Waals surface area contributed by atoms with E-state index in [0.29, 0.717) is 11.3 Å². The zero-order chi connectivity index (χ0) is 18.3. The number of thiazole rings is 1. The maximum atomic E-state index is 13.4. The molecular weight excluding hydrogens is 425 g/mol. The Bertz CT molecular complexity index is 835. The van der Waals surface area contributed by atoms with Crippen LogP contribution in [0.3, 0.4) is 0 Å². The molecule has 2 unspecified atom stereocenters. The summed E-state index contributed by atoms with van der Waals surface area (Å²) in [6.45, 7) is 4.12. The van der Waals surface area contributed by atoms with Gasteiger partial charge < -0.3 is 10.2 Å². The van der Waals surface area contributed by atoms with Crippen molar-refractivity contribution in [1.29, 1.82) is 0 Å². The Hall–Kier alpha value is -1.14. The standard InChI is InChI=1S/C22H27N3OS.2ClH/c26-21(25-13-10-22(11-14-25)9-12-23-15-22)17-6-2-1-5-16(17)20-24-18-7-3-4-8-19(18)27-20;;/h1-4,7-8,16-17,23H,5-6,9-15H2;2*1H. The summed E-state index contributed by atoms with van der Waals surface area (Å²) in [6, 6.07) is 8.31. The van der Waals surface area contributed by atoms with Crippen LogP contribution >= 0.6 is 36.2 Å². The number of piperidine rings is 1. The Morgan fingerprint density at radius 1 is 1.10 bits per heavy atom. The van der Waals surface area contributed by atoms with Crippen molar-refractivity contribution in [2.75, 3.05) is 26.2 Å². The lowest BCUT2D eigenvalue weighted by Crippen LogP contribution is -2.47. The van der Waals surface area contributed by atoms with Gasteiger partial charge in [0.2, 0.25) is 5.91 Å². The molecule has 2 saturated heterocycles. The van der Waals surface area contributed by atoms with E-state index in [1.54, 1.807) is 11.3 Å². The Morgan fingerprint density at radius 2 is 1.86 bits per heavy atom. The lowest BCUT2D eigenvalue weighted by Gasteiger charge is -2.41. The van der Waals surface area contributed by atoms with E-state index in [0.717, 1.165) is 62.4 Å². The van der Waals surface area contributed by atoms with E-state index < -0.39 is 0 Å². The van der Waals surface area contributed by atoms with E-state index >= 15 is 0 Å². The van der Waals surface area contributed by atoms with Gasteiger partial charge in [0.15, 0.2) is 0 Å². The molecule has 3 heterocycles. The van der Waals surface area contributed by atoms with Crippen LogP contribution in [0.5, 0.6) is 0 Å². The van der Waals surface area contributed by atoms with Crippen molar-refractivity contribution in [2.45, 2.75) is 38.0 Å². The highest BCUT2D eigenvalue weighted by Crippen LogP contribution is 2.41. The van der Waals surface area contributed by atoms with Gasteiger partial charge in [-0.25, -0.2) is 4.98 Å². The largest absolute Gasteiger partial charge is 0.342 e. The Balaban J connectivity index is 0.00000120. The predicted octanol–water partition coefficient (Wildman–Crippen LogP) is 4.79. The van der Waals surface area contributed by atoms with Crippen molar-refractivity contribution in [3.05, 3.63) is 41.4 Å². The summed E-state index contributed by atoms with van der Waals surface area (Å²) < 4.78 is 1.22. The SMILES string of the molecule is Cl.Cl.O=C(C1CC=CCC1c1nc2ccccc2s1)N1CCC2(CCNC2)CC1. The zero-order valence-corrected chi connectivity index (χ0v) is 19.0. The highest BCUT2D eigenvalue weighted by atomic mass is 35.5. The minimum absolute atomic E-state index is 0. The number of carbonyl (C=O) groups excluding carboxylic acids is 1. The number of hydrogen-bond acceptors (Lipinski definition) is 4. The molecule has 1 amide bonds. The van der Waals surface area contributed by atoms with E-state index in [-0.39, 0.29) is 36.6 Å². The fourth-order valence-electron chi connectivity index (χ4n) is 5.07. The van der Waals surface area contributed by atoms with Gasteiger partial charge in [0.25, 0.3) is 0 Å². The number of para-hydroxylation sites is 1. The lowest BCUT2D eigenvalue weighted by atomic mass is 9.76. The van der Waals surface area contributed by atoms with Crippen molar-refractivity contribution < 1.29 is 4.79 Å². The van der Waals surface area contributed by atoms with Crippen LogP contribution in [0.2, 0.25) is 0 Å². The second kappa shape index (κ2) is 9.34. The predicted molar refractivity (Wildman–Crippen MR) is 124 cm³/mol. The van der Waals surface area contributed by atoms with Crippen LogP contribution in [0, 0.1) is 11.3 Å². The van der Waals surface area contributed by atoms with E-state index in [1.807, 2.05) is 6.07 Å². The van der Waals surface area contributed by atoms with Gasteiger partial charge in [-0.1, -0.05) is 24.3 Å². The lowest BCUT2D eigenvalue weighted by molar-refractivity contribution is -0.138. The van der Waals surface area contributed by atoms with Gasteiger partial charge in [0, 0.05) is 25.6 Å². The number of nitrogens with one attached hydrogen (secondary N) is 1. The average molecular weight is 454 g/mol. The number of fused-ring (bicyclic) bond motifs is 1. The number of allylic oxidation sites excluding steroid dienone is 2. The van der Waals surface area contributed by atoms with E-state index in [9.17, 15) is 4.79 Å². The quantitative estimate of drug-likeness (QED) is 0.664. The van der Waals surface area contributed by atoms with Crippen molar-refractivity contribution >= 4 is 52.3 Å². The fourth-order valence-corrected chi connectivity index (χ4v) is 6.21. The number of hydrogen-bond donors (Lipinski definition) is 1. The molecule has 1 aliphatic carbocycles. The topological polar surface area (TPSA) is 45.2 Å². The molecule has 2 fully saturated rings. The molecule has 2 aliphatic heterocycles. The van der Waals surface area contributed by atoms with Gasteiger partial charge in [-0.2, -0.15) is 0 Å². The van der Waals surface area contributed by atoms with Gasteiger partial charge in [-0.3, -0.25) is 4.79 Å². The number of nitrogens with zero attached hydrogens (tertiary/aromatic N) is 2. The summed E-state index contributed by atoms with van der Waals surface area (Å²) in [7, 11) is 0. The first-order valence-electron chi connectivity index (χ1n) is 10.2. The first-order chi connectivity index (χ1) is 13.2. The van der Waals surface area contributed by atoms with Crippen molar-refractivity contribution in [3.63, 3.8) is 0 Å². The van der Waals surface area contributed by atoms with Gasteiger partial charge in [-0.05, 0) is 56.2 Å². The van der Waals surface area contributed by atoms with Crippen LogP contribution in [0.1, 0.15) is 43.0 Å². The number of aromatic nitrogens is 1. The van der Waals surface area contributed by atoms with Crippen molar-refractivity contribution in [3.8, 4) is 0 Å².